The van der Waals surface area contributed by atoms with E-state index in [4.69, 9.17) is 9.97 Å². The third-order valence-electron chi connectivity index (χ3n) is 12.4. The topological polar surface area (TPSA) is 38.7 Å². The number of hydrogen-bond acceptors (Lipinski definition) is 3. The molecule has 59 heavy (non-hydrogen) atoms. The van der Waals surface area contributed by atoms with E-state index >= 15 is 0 Å². The van der Waals surface area contributed by atoms with Gasteiger partial charge in [-0.25, -0.2) is 9.97 Å². The highest BCUT2D eigenvalue weighted by Crippen LogP contribution is 2.59. The van der Waals surface area contributed by atoms with Gasteiger partial charge >= 0.3 is 0 Å². The molecule has 0 bridgehead atoms. The molecule has 3 heteroatoms. The molecule has 274 valence electrons. The molecule has 0 unspecified atom stereocenters. The molecule has 0 N–H and O–H groups in total. The van der Waals surface area contributed by atoms with Gasteiger partial charge in [-0.2, -0.15) is 0 Å². The van der Waals surface area contributed by atoms with E-state index < -0.39 is 5.41 Å². The van der Waals surface area contributed by atoms with Gasteiger partial charge in [0.25, 0.3) is 0 Å². The summed E-state index contributed by atoms with van der Waals surface area (Å²) in [6, 6.07) is 74.5. The summed E-state index contributed by atoms with van der Waals surface area (Å²) in [5, 5.41) is 5.72. The van der Waals surface area contributed by atoms with Crippen LogP contribution in [0.5, 0.6) is 0 Å². The Morgan fingerprint density at radius 3 is 1.88 bits per heavy atom. The molecule has 12 rings (SSSR count). The minimum atomic E-state index is -0.501. The Morgan fingerprint density at radius 1 is 0.390 bits per heavy atom. The van der Waals surface area contributed by atoms with E-state index in [2.05, 4.69) is 205 Å². The fraction of sp³-hybridized carbons (Fsp3) is 0.0179. The lowest BCUT2D eigenvalue weighted by atomic mass is 9.67. The molecular weight excluding hydrogens is 715 g/mol. The summed E-state index contributed by atoms with van der Waals surface area (Å²) in [6.07, 6.45) is 1.84. The number of pyridine rings is 3. The van der Waals surface area contributed by atoms with Crippen LogP contribution in [-0.2, 0) is 5.41 Å². The van der Waals surface area contributed by atoms with Crippen molar-refractivity contribution >= 4 is 43.5 Å². The van der Waals surface area contributed by atoms with Crippen LogP contribution in [-0.4, -0.2) is 15.0 Å². The Bertz CT molecular complexity index is 3390. The van der Waals surface area contributed by atoms with E-state index in [1.54, 1.807) is 0 Å². The average Bonchev–Trinajstić information content (AvgIpc) is 3.63. The predicted molar refractivity (Wildman–Crippen MR) is 243 cm³/mol. The van der Waals surface area contributed by atoms with Crippen LogP contribution < -0.4 is 0 Å². The molecule has 0 saturated heterocycles. The fourth-order valence-corrected chi connectivity index (χ4v) is 9.75. The molecule has 0 amide bonds. The van der Waals surface area contributed by atoms with Crippen LogP contribution in [0.4, 0.5) is 0 Å². The molecule has 1 aliphatic carbocycles. The van der Waals surface area contributed by atoms with Crippen molar-refractivity contribution < 1.29 is 0 Å². The zero-order valence-corrected chi connectivity index (χ0v) is 32.0. The quantitative estimate of drug-likeness (QED) is 0.165. The maximum atomic E-state index is 5.54. The standard InChI is InChI=1S/C56H35N3/c1-3-16-42(17-4-1)56(43-18-5-2-6-19-43)47-22-9-7-21-46(47)51-48(56)32-31-45-44-20-8-10-23-50(44)59-53(52(45)51)41-14-11-13-40(35-41)36-24-26-37(27-25-36)49-33-30-39-29-28-38-15-12-34-57-54(38)55(39)58-49/h1-35H. The SMILES string of the molecule is c1ccc(C2(c3ccccc3)c3ccccc3-c3c2ccc2c3c(-c3cccc(-c4ccc(-c5ccc6ccc7cccnc7c6n5)cc4)c3)nc3ccccc32)cc1. The van der Waals surface area contributed by atoms with E-state index in [0.29, 0.717) is 0 Å². The number of rotatable bonds is 5. The van der Waals surface area contributed by atoms with E-state index in [1.807, 2.05) is 12.3 Å². The summed E-state index contributed by atoms with van der Waals surface area (Å²) in [7, 11) is 0. The highest BCUT2D eigenvalue weighted by atomic mass is 14.8. The van der Waals surface area contributed by atoms with Crippen molar-refractivity contribution in [2.45, 2.75) is 5.41 Å². The van der Waals surface area contributed by atoms with Gasteiger partial charge < -0.3 is 0 Å². The highest BCUT2D eigenvalue weighted by molar-refractivity contribution is 6.18. The van der Waals surface area contributed by atoms with E-state index in [0.717, 1.165) is 66.4 Å². The van der Waals surface area contributed by atoms with Gasteiger partial charge in [0, 0.05) is 38.9 Å². The molecule has 11 aromatic rings. The first kappa shape index (κ1) is 33.4. The largest absolute Gasteiger partial charge is 0.254 e. The highest BCUT2D eigenvalue weighted by Gasteiger charge is 2.47. The summed E-state index contributed by atoms with van der Waals surface area (Å²) < 4.78 is 0. The molecule has 0 fully saturated rings. The number of aromatic nitrogens is 3. The minimum Gasteiger partial charge on any atom is -0.254 e. The predicted octanol–water partition coefficient (Wildman–Crippen LogP) is 13.8. The zero-order valence-electron chi connectivity index (χ0n) is 32.0. The second-order valence-electron chi connectivity index (χ2n) is 15.5. The molecule has 1 aliphatic rings. The van der Waals surface area contributed by atoms with Gasteiger partial charge in [-0.05, 0) is 74.2 Å². The molecule has 8 aromatic carbocycles. The van der Waals surface area contributed by atoms with Gasteiger partial charge in [0.05, 0.1) is 33.4 Å². The number of fused-ring (bicyclic) bond motifs is 10. The van der Waals surface area contributed by atoms with Crippen LogP contribution in [0, 0.1) is 0 Å². The van der Waals surface area contributed by atoms with E-state index in [9.17, 15) is 0 Å². The van der Waals surface area contributed by atoms with E-state index in [-0.39, 0.29) is 0 Å². The summed E-state index contributed by atoms with van der Waals surface area (Å²) in [6.45, 7) is 0. The van der Waals surface area contributed by atoms with Gasteiger partial charge in [-0.3, -0.25) is 4.98 Å². The van der Waals surface area contributed by atoms with E-state index in [1.165, 1.54) is 44.2 Å². The molecule has 3 aromatic heterocycles. The third kappa shape index (κ3) is 5.05. The van der Waals surface area contributed by atoms with Crippen LogP contribution >= 0.6 is 0 Å². The lowest BCUT2D eigenvalue weighted by Gasteiger charge is -2.34. The third-order valence-corrected chi connectivity index (χ3v) is 12.4. The number of para-hydroxylation sites is 1. The van der Waals surface area contributed by atoms with Crippen molar-refractivity contribution in [3.63, 3.8) is 0 Å². The van der Waals surface area contributed by atoms with Gasteiger partial charge in [0.15, 0.2) is 0 Å². The number of nitrogens with zero attached hydrogens (tertiary/aromatic N) is 3. The maximum absolute atomic E-state index is 5.54. The second-order valence-corrected chi connectivity index (χ2v) is 15.5. The molecule has 0 atom stereocenters. The average molecular weight is 750 g/mol. The summed E-state index contributed by atoms with van der Waals surface area (Å²) in [5.74, 6) is 0. The monoisotopic (exact) mass is 749 g/mol. The number of hydrogen-bond donors (Lipinski definition) is 0. The minimum absolute atomic E-state index is 0.501. The summed E-state index contributed by atoms with van der Waals surface area (Å²) in [5.41, 5.74) is 16.2. The Hall–Kier alpha value is -7.75. The summed E-state index contributed by atoms with van der Waals surface area (Å²) in [4.78, 5) is 15.3. The van der Waals surface area contributed by atoms with Crippen LogP contribution in [0.15, 0.2) is 212 Å². The fourth-order valence-electron chi connectivity index (χ4n) is 9.75. The molecule has 3 nitrogen and oxygen atoms in total. The van der Waals surface area contributed by atoms with Gasteiger partial charge in [-0.15, -0.1) is 0 Å². The Morgan fingerprint density at radius 2 is 1.07 bits per heavy atom. The maximum Gasteiger partial charge on any atom is 0.0972 e. The van der Waals surface area contributed by atoms with Crippen LogP contribution in [0.1, 0.15) is 22.3 Å². The van der Waals surface area contributed by atoms with Crippen molar-refractivity contribution in [3.05, 3.63) is 235 Å². The zero-order chi connectivity index (χ0) is 38.9. The Kier molecular flexibility index (Phi) is 7.45. The van der Waals surface area contributed by atoms with Crippen molar-refractivity contribution in [1.82, 2.24) is 15.0 Å². The van der Waals surface area contributed by atoms with Crippen LogP contribution in [0.25, 0.3) is 88.2 Å². The second kappa shape index (κ2) is 13.2. The van der Waals surface area contributed by atoms with Gasteiger partial charge in [0.2, 0.25) is 0 Å². The molecule has 0 radical (unpaired) electrons. The molecule has 0 saturated carbocycles. The Labute approximate surface area is 342 Å². The van der Waals surface area contributed by atoms with Gasteiger partial charge in [0.1, 0.15) is 0 Å². The Balaban J connectivity index is 1.05. The first-order valence-corrected chi connectivity index (χ1v) is 20.2. The first-order chi connectivity index (χ1) is 29.3. The van der Waals surface area contributed by atoms with Crippen molar-refractivity contribution in [3.8, 4) is 44.8 Å². The van der Waals surface area contributed by atoms with Crippen LogP contribution in [0.2, 0.25) is 0 Å². The molecule has 0 spiro atoms. The normalized spacial score (nSPS) is 12.9. The van der Waals surface area contributed by atoms with Crippen molar-refractivity contribution in [2.24, 2.45) is 0 Å². The number of benzene rings is 8. The molecule has 0 aliphatic heterocycles. The molecular formula is C56H35N3. The van der Waals surface area contributed by atoms with Crippen molar-refractivity contribution in [2.75, 3.05) is 0 Å². The summed E-state index contributed by atoms with van der Waals surface area (Å²) >= 11 is 0. The van der Waals surface area contributed by atoms with Gasteiger partial charge in [-0.1, -0.05) is 182 Å². The molecule has 3 heterocycles. The van der Waals surface area contributed by atoms with Crippen LogP contribution in [0.3, 0.4) is 0 Å². The first-order valence-electron chi connectivity index (χ1n) is 20.2. The smallest absolute Gasteiger partial charge is 0.0972 e. The lowest BCUT2D eigenvalue weighted by molar-refractivity contribution is 0.769. The van der Waals surface area contributed by atoms with Crippen molar-refractivity contribution in [1.29, 1.82) is 0 Å². The lowest BCUT2D eigenvalue weighted by Crippen LogP contribution is -2.28.